The Hall–Kier alpha value is -0.0800. The van der Waals surface area contributed by atoms with Gasteiger partial charge in [0.2, 0.25) is 0 Å². The molecule has 0 radical (unpaired) electrons. The summed E-state index contributed by atoms with van der Waals surface area (Å²) in [6.45, 7) is 12.8. The van der Waals surface area contributed by atoms with Gasteiger partial charge >= 0.3 is 0 Å². The third-order valence-corrected chi connectivity index (χ3v) is 2.17. The topological polar surface area (TPSA) is 21.3 Å². The lowest BCUT2D eigenvalue weighted by atomic mass is 9.95. The standard InChI is InChI=1S/C12H27NO/c1-5-7-9-14-11-12(3,4)10-13-8-6-2/h13H,5-11H2,1-4H3. The fourth-order valence-corrected chi connectivity index (χ4v) is 1.25. The Kier molecular flexibility index (Phi) is 8.20. The Balaban J connectivity index is 3.40. The van der Waals surface area contributed by atoms with Crippen LogP contribution in [0, 0.1) is 5.41 Å². The monoisotopic (exact) mass is 201 g/mol. The van der Waals surface area contributed by atoms with Gasteiger partial charge in [0.25, 0.3) is 0 Å². The Morgan fingerprint density at radius 2 is 1.86 bits per heavy atom. The second kappa shape index (κ2) is 8.25. The van der Waals surface area contributed by atoms with Crippen LogP contribution in [0.25, 0.3) is 0 Å². The van der Waals surface area contributed by atoms with Gasteiger partial charge in [0.15, 0.2) is 0 Å². The van der Waals surface area contributed by atoms with E-state index in [9.17, 15) is 0 Å². The van der Waals surface area contributed by atoms with Crippen molar-refractivity contribution in [1.82, 2.24) is 5.32 Å². The van der Waals surface area contributed by atoms with Gasteiger partial charge in [-0.05, 0) is 19.4 Å². The molecule has 1 N–H and O–H groups in total. The molecule has 0 spiro atoms. The van der Waals surface area contributed by atoms with Crippen molar-refractivity contribution in [3.8, 4) is 0 Å². The van der Waals surface area contributed by atoms with E-state index < -0.39 is 0 Å². The minimum atomic E-state index is 0.267. The van der Waals surface area contributed by atoms with Crippen LogP contribution < -0.4 is 5.32 Å². The van der Waals surface area contributed by atoms with Crippen LogP contribution in [0.3, 0.4) is 0 Å². The first-order valence-corrected chi connectivity index (χ1v) is 5.91. The highest BCUT2D eigenvalue weighted by Gasteiger charge is 2.16. The number of hydrogen-bond donors (Lipinski definition) is 1. The zero-order valence-electron chi connectivity index (χ0n) is 10.4. The summed E-state index contributed by atoms with van der Waals surface area (Å²) in [5.74, 6) is 0. The highest BCUT2D eigenvalue weighted by molar-refractivity contribution is 4.70. The Morgan fingerprint density at radius 1 is 1.14 bits per heavy atom. The predicted octanol–water partition coefficient (Wildman–Crippen LogP) is 2.83. The number of rotatable bonds is 9. The highest BCUT2D eigenvalue weighted by Crippen LogP contribution is 2.13. The molecule has 0 atom stereocenters. The first-order valence-electron chi connectivity index (χ1n) is 5.91. The lowest BCUT2D eigenvalue weighted by Crippen LogP contribution is -2.33. The maximum atomic E-state index is 5.63. The van der Waals surface area contributed by atoms with Crippen molar-refractivity contribution in [2.75, 3.05) is 26.3 Å². The zero-order valence-corrected chi connectivity index (χ0v) is 10.4. The summed E-state index contributed by atoms with van der Waals surface area (Å²) in [6.07, 6.45) is 3.60. The molecule has 2 nitrogen and oxygen atoms in total. The molecule has 0 aliphatic carbocycles. The normalized spacial score (nSPS) is 12.0. The van der Waals surface area contributed by atoms with Crippen molar-refractivity contribution in [3.63, 3.8) is 0 Å². The molecule has 0 heterocycles. The quantitative estimate of drug-likeness (QED) is 0.579. The Morgan fingerprint density at radius 3 is 2.43 bits per heavy atom. The first-order chi connectivity index (χ1) is 6.62. The Bertz CT molecular complexity index is 123. The summed E-state index contributed by atoms with van der Waals surface area (Å²) in [7, 11) is 0. The molecule has 0 aliphatic rings. The van der Waals surface area contributed by atoms with Gasteiger partial charge in [0, 0.05) is 18.6 Å². The summed E-state index contributed by atoms with van der Waals surface area (Å²) in [4.78, 5) is 0. The van der Waals surface area contributed by atoms with Crippen molar-refractivity contribution in [2.24, 2.45) is 5.41 Å². The van der Waals surface area contributed by atoms with Gasteiger partial charge in [-0.1, -0.05) is 34.1 Å². The van der Waals surface area contributed by atoms with Crippen LogP contribution >= 0.6 is 0 Å². The molecule has 0 fully saturated rings. The van der Waals surface area contributed by atoms with Gasteiger partial charge in [0.05, 0.1) is 6.61 Å². The van der Waals surface area contributed by atoms with Gasteiger partial charge in [0.1, 0.15) is 0 Å². The number of unbranched alkanes of at least 4 members (excludes halogenated alkanes) is 1. The van der Waals surface area contributed by atoms with Gasteiger partial charge in [-0.15, -0.1) is 0 Å². The molecule has 0 bridgehead atoms. The molecule has 0 unspecified atom stereocenters. The third-order valence-electron chi connectivity index (χ3n) is 2.17. The molecule has 0 aliphatic heterocycles. The fourth-order valence-electron chi connectivity index (χ4n) is 1.25. The first kappa shape index (κ1) is 13.9. The van der Waals surface area contributed by atoms with Crippen molar-refractivity contribution in [2.45, 2.75) is 47.0 Å². The smallest absolute Gasteiger partial charge is 0.0529 e. The van der Waals surface area contributed by atoms with E-state index in [0.717, 1.165) is 26.3 Å². The third kappa shape index (κ3) is 8.52. The zero-order chi connectivity index (χ0) is 10.9. The van der Waals surface area contributed by atoms with E-state index in [1.807, 2.05) is 0 Å². The maximum absolute atomic E-state index is 5.63. The largest absolute Gasteiger partial charge is 0.381 e. The van der Waals surface area contributed by atoms with Crippen molar-refractivity contribution in [3.05, 3.63) is 0 Å². The van der Waals surface area contributed by atoms with E-state index in [1.165, 1.54) is 19.3 Å². The number of nitrogens with one attached hydrogen (secondary N) is 1. The van der Waals surface area contributed by atoms with Crippen LogP contribution in [-0.2, 0) is 4.74 Å². The maximum Gasteiger partial charge on any atom is 0.0529 e. The molecule has 0 saturated carbocycles. The minimum Gasteiger partial charge on any atom is -0.381 e. The van der Waals surface area contributed by atoms with Crippen molar-refractivity contribution < 1.29 is 4.74 Å². The molecule has 0 amide bonds. The van der Waals surface area contributed by atoms with Crippen LogP contribution in [0.2, 0.25) is 0 Å². The molecule has 0 aromatic rings. The number of ether oxygens (including phenoxy) is 1. The molecule has 0 aromatic heterocycles. The summed E-state index contributed by atoms with van der Waals surface area (Å²) in [5.41, 5.74) is 0.267. The lowest BCUT2D eigenvalue weighted by molar-refractivity contribution is 0.0605. The van der Waals surface area contributed by atoms with Crippen LogP contribution in [0.15, 0.2) is 0 Å². The van der Waals surface area contributed by atoms with Crippen LogP contribution in [0.5, 0.6) is 0 Å². The van der Waals surface area contributed by atoms with Gasteiger partial charge in [-0.3, -0.25) is 0 Å². The molecule has 14 heavy (non-hydrogen) atoms. The SMILES string of the molecule is CCCCOCC(C)(C)CNCCC. The molecular weight excluding hydrogens is 174 g/mol. The van der Waals surface area contributed by atoms with Gasteiger partial charge in [-0.25, -0.2) is 0 Å². The Labute approximate surface area is 89.4 Å². The molecule has 0 aromatic carbocycles. The van der Waals surface area contributed by atoms with Gasteiger partial charge in [-0.2, -0.15) is 0 Å². The van der Waals surface area contributed by atoms with E-state index in [1.54, 1.807) is 0 Å². The van der Waals surface area contributed by atoms with E-state index in [-0.39, 0.29) is 5.41 Å². The van der Waals surface area contributed by atoms with Crippen molar-refractivity contribution >= 4 is 0 Å². The molecule has 2 heteroatoms. The minimum absolute atomic E-state index is 0.267. The molecular formula is C12H27NO. The second-order valence-electron chi connectivity index (χ2n) is 4.75. The van der Waals surface area contributed by atoms with Gasteiger partial charge < -0.3 is 10.1 Å². The average Bonchev–Trinajstić information content (AvgIpc) is 2.13. The predicted molar refractivity (Wildman–Crippen MR) is 62.7 cm³/mol. The average molecular weight is 201 g/mol. The van der Waals surface area contributed by atoms with E-state index in [4.69, 9.17) is 4.74 Å². The van der Waals surface area contributed by atoms with Crippen LogP contribution in [0.1, 0.15) is 47.0 Å². The molecule has 0 rings (SSSR count). The van der Waals surface area contributed by atoms with E-state index >= 15 is 0 Å². The summed E-state index contributed by atoms with van der Waals surface area (Å²) < 4.78 is 5.63. The van der Waals surface area contributed by atoms with Crippen LogP contribution in [0.4, 0.5) is 0 Å². The number of hydrogen-bond acceptors (Lipinski definition) is 2. The molecule has 0 saturated heterocycles. The lowest BCUT2D eigenvalue weighted by Gasteiger charge is -2.24. The van der Waals surface area contributed by atoms with Crippen LogP contribution in [-0.4, -0.2) is 26.3 Å². The fraction of sp³-hybridized carbons (Fsp3) is 1.00. The van der Waals surface area contributed by atoms with E-state index in [0.29, 0.717) is 0 Å². The van der Waals surface area contributed by atoms with Crippen molar-refractivity contribution in [1.29, 1.82) is 0 Å². The summed E-state index contributed by atoms with van der Waals surface area (Å²) in [5, 5.41) is 3.44. The summed E-state index contributed by atoms with van der Waals surface area (Å²) in [6, 6.07) is 0. The second-order valence-corrected chi connectivity index (χ2v) is 4.75. The highest BCUT2D eigenvalue weighted by atomic mass is 16.5. The van der Waals surface area contributed by atoms with E-state index in [2.05, 4.69) is 33.0 Å². The summed E-state index contributed by atoms with van der Waals surface area (Å²) >= 11 is 0. The molecule has 86 valence electrons.